The Labute approximate surface area is 154 Å². The first kappa shape index (κ1) is 20.7. The van der Waals surface area contributed by atoms with Gasteiger partial charge in [-0.05, 0) is 26.8 Å². The summed E-state index contributed by atoms with van der Waals surface area (Å²) in [7, 11) is 0. The molecule has 0 aliphatic heterocycles. The lowest BCUT2D eigenvalue weighted by Gasteiger charge is -2.28. The van der Waals surface area contributed by atoms with Crippen LogP contribution >= 0.6 is 0 Å². The van der Waals surface area contributed by atoms with E-state index in [0.29, 0.717) is 0 Å². The number of alkyl halides is 3. The smallest absolute Gasteiger partial charge is 0.303 e. The van der Waals surface area contributed by atoms with Crippen LogP contribution in [0, 0.1) is 17.8 Å². The number of halogens is 4. The molecule has 0 spiro atoms. The fourth-order valence-corrected chi connectivity index (χ4v) is 2.61. The average Bonchev–Trinajstić information content (AvgIpc) is 2.84. The number of nitrogens with one attached hydrogen (secondary N) is 1. The Balaban J connectivity index is 2.52. The lowest BCUT2D eigenvalue weighted by atomic mass is 9.88. The number of amides is 1. The van der Waals surface area contributed by atoms with Gasteiger partial charge in [-0.3, -0.25) is 10.1 Å². The number of imidazole rings is 1. The molecule has 1 N–H and O–H groups in total. The van der Waals surface area contributed by atoms with Crippen LogP contribution in [0.1, 0.15) is 41.0 Å². The number of nitrogens with zero attached hydrogens (tertiary/aromatic N) is 3. The van der Waals surface area contributed by atoms with Gasteiger partial charge in [0.1, 0.15) is 0 Å². The van der Waals surface area contributed by atoms with E-state index in [4.69, 9.17) is 6.57 Å². The van der Waals surface area contributed by atoms with Crippen molar-refractivity contribution in [2.75, 3.05) is 5.32 Å². The van der Waals surface area contributed by atoms with Crippen molar-refractivity contribution in [2.45, 2.75) is 52.8 Å². The molecule has 2 rings (SSSR count). The van der Waals surface area contributed by atoms with Crippen molar-refractivity contribution in [3.8, 4) is 0 Å². The number of benzene rings is 1. The number of anilines is 1. The van der Waals surface area contributed by atoms with Crippen molar-refractivity contribution in [1.29, 1.82) is 0 Å². The molecule has 1 heterocycles. The van der Waals surface area contributed by atoms with E-state index < -0.39 is 35.3 Å². The molecule has 2 aromatic rings. The minimum Gasteiger partial charge on any atom is -0.303 e. The zero-order chi connectivity index (χ0) is 20.8. The van der Waals surface area contributed by atoms with E-state index in [1.807, 2.05) is 0 Å². The molecule has 9 heteroatoms. The number of fused-ring (bicyclic) bond motifs is 1. The first-order chi connectivity index (χ1) is 12.2. The second-order valence-electron chi connectivity index (χ2n) is 7.93. The molecule has 146 valence electrons. The molecule has 1 aromatic carbocycles. The van der Waals surface area contributed by atoms with E-state index in [-0.39, 0.29) is 22.7 Å². The molecule has 1 amide bonds. The third-order valence-corrected chi connectivity index (χ3v) is 4.15. The van der Waals surface area contributed by atoms with Gasteiger partial charge in [0, 0.05) is 12.0 Å². The Morgan fingerprint density at radius 1 is 1.22 bits per heavy atom. The zero-order valence-electron chi connectivity index (χ0n) is 15.6. The topological polar surface area (TPSA) is 51.3 Å². The van der Waals surface area contributed by atoms with Crippen LogP contribution in [0.4, 0.5) is 29.2 Å². The van der Waals surface area contributed by atoms with Gasteiger partial charge >= 0.3 is 6.18 Å². The second-order valence-corrected chi connectivity index (χ2v) is 7.93. The molecule has 5 nitrogen and oxygen atoms in total. The summed E-state index contributed by atoms with van der Waals surface area (Å²) < 4.78 is 55.2. The average molecular weight is 384 g/mol. The van der Waals surface area contributed by atoms with Gasteiger partial charge in [0.2, 0.25) is 17.5 Å². The molecule has 0 saturated carbocycles. The standard InChI is InChI=1S/C18H20F4N4O/c1-16(2,3)26-14-11(8-7-10(23-6)13(14)19)24-15(26)25-12(27)9-17(4,5)18(20,21)22/h7-8H,9H2,1-5H3,(H,24,25,27). The molecule has 0 saturated heterocycles. The summed E-state index contributed by atoms with van der Waals surface area (Å²) in [6, 6.07) is 2.70. The van der Waals surface area contributed by atoms with E-state index in [2.05, 4.69) is 15.1 Å². The fraction of sp³-hybridized carbons (Fsp3) is 0.500. The highest BCUT2D eigenvalue weighted by Gasteiger charge is 2.48. The van der Waals surface area contributed by atoms with E-state index in [1.54, 1.807) is 20.8 Å². The van der Waals surface area contributed by atoms with E-state index in [0.717, 1.165) is 13.8 Å². The number of carbonyl (C=O) groups is 1. The molecule has 0 unspecified atom stereocenters. The van der Waals surface area contributed by atoms with Crippen molar-refractivity contribution in [3.05, 3.63) is 29.4 Å². The van der Waals surface area contributed by atoms with Gasteiger partial charge in [0.05, 0.1) is 23.0 Å². The van der Waals surface area contributed by atoms with Crippen molar-refractivity contribution in [2.24, 2.45) is 5.41 Å². The van der Waals surface area contributed by atoms with Crippen LogP contribution in [0.3, 0.4) is 0 Å². The summed E-state index contributed by atoms with van der Waals surface area (Å²) in [4.78, 5) is 19.5. The molecule has 0 bridgehead atoms. The molecule has 0 atom stereocenters. The van der Waals surface area contributed by atoms with E-state index in [1.165, 1.54) is 16.7 Å². The third kappa shape index (κ3) is 3.89. The maximum Gasteiger partial charge on any atom is 0.394 e. The van der Waals surface area contributed by atoms with E-state index in [9.17, 15) is 22.4 Å². The molecule has 0 radical (unpaired) electrons. The quantitative estimate of drug-likeness (QED) is 0.569. The van der Waals surface area contributed by atoms with Crippen LogP contribution < -0.4 is 5.32 Å². The lowest BCUT2D eigenvalue weighted by Crippen LogP contribution is -2.36. The number of hydrogen-bond acceptors (Lipinski definition) is 2. The van der Waals surface area contributed by atoms with Crippen LogP contribution in [0.2, 0.25) is 0 Å². The maximum absolute atomic E-state index is 14.7. The maximum atomic E-state index is 14.7. The Kier molecular flexibility index (Phi) is 4.99. The van der Waals surface area contributed by atoms with Gasteiger partial charge in [0.15, 0.2) is 5.82 Å². The van der Waals surface area contributed by atoms with Gasteiger partial charge in [-0.1, -0.05) is 19.9 Å². The third-order valence-electron chi connectivity index (χ3n) is 4.15. The highest BCUT2D eigenvalue weighted by atomic mass is 19.4. The Bertz CT molecular complexity index is 930. The van der Waals surface area contributed by atoms with Gasteiger partial charge < -0.3 is 4.57 Å². The Hall–Kier alpha value is -2.63. The SMILES string of the molecule is [C-]#[N+]c1ccc2nc(NC(=O)CC(C)(C)C(F)(F)F)n(C(C)(C)C)c2c1F. The first-order valence-electron chi connectivity index (χ1n) is 8.14. The van der Waals surface area contributed by atoms with Gasteiger partial charge in [-0.2, -0.15) is 13.2 Å². The summed E-state index contributed by atoms with van der Waals surface area (Å²) in [5.74, 6) is -1.74. The molecule has 0 fully saturated rings. The van der Waals surface area contributed by atoms with Crippen LogP contribution in [0.5, 0.6) is 0 Å². The number of aromatic nitrogens is 2. The minimum atomic E-state index is -4.55. The Morgan fingerprint density at radius 2 is 1.81 bits per heavy atom. The predicted molar refractivity (Wildman–Crippen MR) is 94.0 cm³/mol. The fourth-order valence-electron chi connectivity index (χ4n) is 2.61. The van der Waals surface area contributed by atoms with Gasteiger partial charge in [0.25, 0.3) is 0 Å². The van der Waals surface area contributed by atoms with Crippen LogP contribution in [0.25, 0.3) is 15.9 Å². The second kappa shape index (κ2) is 6.51. The molecular formula is C18H20F4N4O. The molecule has 27 heavy (non-hydrogen) atoms. The van der Waals surface area contributed by atoms with Crippen molar-refractivity contribution in [1.82, 2.24) is 9.55 Å². The molecule has 0 aliphatic carbocycles. The van der Waals surface area contributed by atoms with E-state index >= 15 is 0 Å². The summed E-state index contributed by atoms with van der Waals surface area (Å²) in [6.45, 7) is 14.1. The molecule has 0 aliphatic rings. The summed E-state index contributed by atoms with van der Waals surface area (Å²) in [5.41, 5.74) is -2.97. The summed E-state index contributed by atoms with van der Waals surface area (Å²) in [6.07, 6.45) is -5.36. The van der Waals surface area contributed by atoms with Gasteiger partial charge in [-0.25, -0.2) is 14.2 Å². The minimum absolute atomic E-state index is 0.0152. The normalized spacial score (nSPS) is 12.9. The summed E-state index contributed by atoms with van der Waals surface area (Å²) >= 11 is 0. The largest absolute Gasteiger partial charge is 0.394 e. The predicted octanol–water partition coefficient (Wildman–Crippen LogP) is 5.40. The van der Waals surface area contributed by atoms with Crippen molar-refractivity contribution in [3.63, 3.8) is 0 Å². The lowest BCUT2D eigenvalue weighted by molar-refractivity contribution is -0.213. The van der Waals surface area contributed by atoms with Crippen LogP contribution in [-0.2, 0) is 10.3 Å². The highest BCUT2D eigenvalue weighted by Crippen LogP contribution is 2.40. The van der Waals surface area contributed by atoms with Crippen LogP contribution in [-0.4, -0.2) is 21.6 Å². The number of rotatable bonds is 3. The van der Waals surface area contributed by atoms with Gasteiger partial charge in [-0.15, -0.1) is 0 Å². The van der Waals surface area contributed by atoms with Crippen molar-refractivity contribution >= 4 is 28.6 Å². The zero-order valence-corrected chi connectivity index (χ0v) is 15.6. The highest BCUT2D eigenvalue weighted by molar-refractivity contribution is 5.93. The molecule has 1 aromatic heterocycles. The monoisotopic (exact) mass is 384 g/mol. The summed E-state index contributed by atoms with van der Waals surface area (Å²) in [5, 5.41) is 2.37. The van der Waals surface area contributed by atoms with Crippen LogP contribution in [0.15, 0.2) is 12.1 Å². The Morgan fingerprint density at radius 3 is 2.30 bits per heavy atom. The number of hydrogen-bond donors (Lipinski definition) is 1. The first-order valence-corrected chi connectivity index (χ1v) is 8.14. The van der Waals surface area contributed by atoms with Crippen molar-refractivity contribution < 1.29 is 22.4 Å². The number of carbonyl (C=O) groups excluding carboxylic acids is 1. The molecular weight excluding hydrogens is 364 g/mol.